The largest absolute Gasteiger partial charge is 0.481 e. The number of benzene rings is 2. The van der Waals surface area contributed by atoms with E-state index in [4.69, 9.17) is 20.6 Å². The van der Waals surface area contributed by atoms with Crippen LogP contribution < -0.4 is 17.0 Å². The van der Waals surface area contributed by atoms with Crippen molar-refractivity contribution in [1.29, 1.82) is 0 Å². The third kappa shape index (κ3) is 4.23. The molecule has 0 saturated heterocycles. The number of aromatic nitrogens is 5. The van der Waals surface area contributed by atoms with Crippen LogP contribution >= 0.6 is 0 Å². The van der Waals surface area contributed by atoms with E-state index in [1.165, 1.54) is 0 Å². The lowest BCUT2D eigenvalue weighted by Gasteiger charge is -2.10. The number of imidazole rings is 1. The van der Waals surface area contributed by atoms with Crippen LogP contribution in [0.1, 0.15) is 26.0 Å². The van der Waals surface area contributed by atoms with Gasteiger partial charge in [-0.1, -0.05) is 25.1 Å². The van der Waals surface area contributed by atoms with E-state index in [1.807, 2.05) is 18.2 Å². The van der Waals surface area contributed by atoms with Crippen LogP contribution in [0.15, 0.2) is 46.0 Å². The maximum Gasteiger partial charge on any atom is 0.323 e. The Morgan fingerprint density at radius 2 is 1.76 bits per heavy atom. The number of nitrogens with one attached hydrogen (secondary N) is 3. The Hall–Kier alpha value is -4.18. The highest BCUT2D eigenvalue weighted by Gasteiger charge is 2.21. The number of carboxylic acids is 1. The third-order valence-corrected chi connectivity index (χ3v) is 5.56. The highest BCUT2D eigenvalue weighted by molar-refractivity contribution is 5.98. The molecule has 10 heteroatoms. The van der Waals surface area contributed by atoms with Crippen molar-refractivity contribution in [2.45, 2.75) is 33.2 Å². The van der Waals surface area contributed by atoms with E-state index in [-0.39, 0.29) is 11.2 Å². The average molecular weight is 463 g/mol. The number of nitrogens with two attached hydrogens (primary N) is 1. The molecular weight excluding hydrogens is 436 g/mol. The van der Waals surface area contributed by atoms with Crippen molar-refractivity contribution in [2.24, 2.45) is 5.73 Å². The number of carbonyl (C=O) groups is 1. The smallest absolute Gasteiger partial charge is 0.323 e. The zero-order valence-electron chi connectivity index (χ0n) is 18.9. The Kier molecular flexibility index (Phi) is 6.33. The molecule has 0 amide bonds. The number of hydrogen-bond donors (Lipinski definition) is 5. The van der Waals surface area contributed by atoms with Crippen LogP contribution in [0.25, 0.3) is 44.2 Å². The molecule has 6 N–H and O–H groups in total. The molecule has 2 aromatic carbocycles. The number of nitrogens with zero attached hydrogens (tertiary/aromatic N) is 2. The molecule has 5 rings (SSSR count). The summed E-state index contributed by atoms with van der Waals surface area (Å²) in [6.07, 6.45) is 1.61. The van der Waals surface area contributed by atoms with Gasteiger partial charge < -0.3 is 30.4 Å². The van der Waals surface area contributed by atoms with Crippen LogP contribution in [-0.2, 0) is 17.8 Å². The fourth-order valence-corrected chi connectivity index (χ4v) is 4.28. The van der Waals surface area contributed by atoms with Crippen molar-refractivity contribution in [3.63, 3.8) is 0 Å². The number of hydrogen-bond acceptors (Lipinski definition) is 5. The molecule has 0 unspecified atom stereocenters. The van der Waals surface area contributed by atoms with Gasteiger partial charge in [0.15, 0.2) is 0 Å². The summed E-state index contributed by atoms with van der Waals surface area (Å²) >= 11 is 0. The van der Waals surface area contributed by atoms with Gasteiger partial charge in [-0.15, -0.1) is 0 Å². The molecule has 0 spiro atoms. The minimum atomic E-state index is -0.833. The van der Waals surface area contributed by atoms with Gasteiger partial charge in [-0.05, 0) is 37.6 Å². The standard InChI is InChI=1S/C22H22N6O2.C2H4O2/c1-2-17-19(12-6-3-4-7-18(12)28(17)9-5-8-23)20-21(29)25-14-11-16-15(10-13(14)24-20)26-22(30)27-16;1-2(3)4/h3-4,6-7,10-11H,2,5,8-9,23H2,1H3,(H,25,29)(H2,26,27,30);1H3,(H,3,4). The first-order chi connectivity index (χ1) is 16.3. The van der Waals surface area contributed by atoms with E-state index in [9.17, 15) is 9.59 Å². The topological polar surface area (TPSA) is 163 Å². The molecule has 3 heterocycles. The fraction of sp³-hybridized carbons (Fsp3) is 0.250. The fourth-order valence-electron chi connectivity index (χ4n) is 4.28. The predicted octanol–water partition coefficient (Wildman–Crippen LogP) is 2.72. The van der Waals surface area contributed by atoms with Crippen molar-refractivity contribution in [1.82, 2.24) is 24.5 Å². The molecule has 0 aliphatic rings. The minimum Gasteiger partial charge on any atom is -0.481 e. The number of aliphatic carboxylic acids is 1. The molecule has 0 aliphatic heterocycles. The van der Waals surface area contributed by atoms with Gasteiger partial charge in [0.1, 0.15) is 5.69 Å². The summed E-state index contributed by atoms with van der Waals surface area (Å²) in [7, 11) is 0. The number of para-hydroxylation sites is 1. The second kappa shape index (κ2) is 9.36. The zero-order valence-corrected chi connectivity index (χ0v) is 18.9. The lowest BCUT2D eigenvalue weighted by atomic mass is 10.1. The highest BCUT2D eigenvalue weighted by atomic mass is 16.4. The average Bonchev–Trinajstić information content (AvgIpc) is 3.31. The van der Waals surface area contributed by atoms with Crippen LogP contribution in [0.2, 0.25) is 0 Å². The van der Waals surface area contributed by atoms with Gasteiger partial charge >= 0.3 is 5.69 Å². The molecule has 3 aromatic heterocycles. The van der Waals surface area contributed by atoms with Gasteiger partial charge in [-0.3, -0.25) is 9.59 Å². The van der Waals surface area contributed by atoms with E-state index < -0.39 is 5.97 Å². The summed E-state index contributed by atoms with van der Waals surface area (Å²) in [5.41, 5.74) is 11.1. The molecule has 10 nitrogen and oxygen atoms in total. The van der Waals surface area contributed by atoms with Gasteiger partial charge in [-0.2, -0.15) is 0 Å². The summed E-state index contributed by atoms with van der Waals surface area (Å²) < 4.78 is 2.25. The second-order valence-electron chi connectivity index (χ2n) is 7.91. The van der Waals surface area contributed by atoms with Gasteiger partial charge in [0.05, 0.1) is 22.1 Å². The summed E-state index contributed by atoms with van der Waals surface area (Å²) in [6, 6.07) is 11.6. The number of rotatable bonds is 5. The molecule has 0 bridgehead atoms. The van der Waals surface area contributed by atoms with Crippen LogP contribution in [0.4, 0.5) is 0 Å². The molecule has 0 fully saturated rings. The van der Waals surface area contributed by atoms with E-state index >= 15 is 0 Å². The number of carboxylic acid groups (broad SMARTS) is 1. The minimum absolute atomic E-state index is 0.254. The van der Waals surface area contributed by atoms with Crippen LogP contribution in [0, 0.1) is 0 Å². The zero-order chi connectivity index (χ0) is 24.4. The predicted molar refractivity (Wildman–Crippen MR) is 132 cm³/mol. The Balaban J connectivity index is 0.000000636. The van der Waals surface area contributed by atoms with Gasteiger partial charge in [0.2, 0.25) is 0 Å². The summed E-state index contributed by atoms with van der Waals surface area (Å²) in [6.45, 7) is 4.56. The lowest BCUT2D eigenvalue weighted by Crippen LogP contribution is -2.13. The van der Waals surface area contributed by atoms with Gasteiger partial charge in [-0.25, -0.2) is 9.78 Å². The first-order valence-electron chi connectivity index (χ1n) is 11.0. The summed E-state index contributed by atoms with van der Waals surface area (Å²) in [4.78, 5) is 46.8. The van der Waals surface area contributed by atoms with Crippen molar-refractivity contribution >= 4 is 38.9 Å². The van der Waals surface area contributed by atoms with Crippen molar-refractivity contribution in [3.05, 3.63) is 62.9 Å². The Morgan fingerprint density at radius 3 is 2.44 bits per heavy atom. The highest BCUT2D eigenvalue weighted by Crippen LogP contribution is 2.34. The molecule has 0 radical (unpaired) electrons. The first-order valence-corrected chi connectivity index (χ1v) is 11.0. The maximum atomic E-state index is 13.1. The van der Waals surface area contributed by atoms with Crippen molar-refractivity contribution < 1.29 is 9.90 Å². The molecule has 5 aromatic rings. The Labute approximate surface area is 193 Å². The maximum absolute atomic E-state index is 13.1. The number of aryl methyl sites for hydroxylation is 1. The number of H-pyrrole nitrogens is 3. The summed E-state index contributed by atoms with van der Waals surface area (Å²) in [5.74, 6) is -0.833. The van der Waals surface area contributed by atoms with E-state index in [2.05, 4.69) is 32.5 Å². The molecule has 34 heavy (non-hydrogen) atoms. The molecule has 0 saturated carbocycles. The molecule has 0 aliphatic carbocycles. The quantitative estimate of drug-likeness (QED) is 0.270. The Morgan fingerprint density at radius 1 is 1.09 bits per heavy atom. The van der Waals surface area contributed by atoms with E-state index in [0.29, 0.717) is 34.3 Å². The van der Waals surface area contributed by atoms with Crippen molar-refractivity contribution in [3.8, 4) is 11.3 Å². The van der Waals surface area contributed by atoms with E-state index in [0.717, 1.165) is 48.5 Å². The van der Waals surface area contributed by atoms with E-state index in [1.54, 1.807) is 12.1 Å². The van der Waals surface area contributed by atoms with Gasteiger partial charge in [0, 0.05) is 35.6 Å². The summed E-state index contributed by atoms with van der Waals surface area (Å²) in [5, 5.41) is 8.42. The SMILES string of the molecule is CC(=O)O.CCc1c(-c2nc3cc4[nH]c(=O)[nH]c4cc3[nH]c2=O)c2ccccc2n1CCCN. The number of aromatic amines is 3. The normalized spacial score (nSPS) is 11.1. The number of fused-ring (bicyclic) bond motifs is 3. The molecule has 0 atom stereocenters. The lowest BCUT2D eigenvalue weighted by molar-refractivity contribution is -0.134. The van der Waals surface area contributed by atoms with Crippen molar-refractivity contribution in [2.75, 3.05) is 6.54 Å². The van der Waals surface area contributed by atoms with Crippen LogP contribution in [-0.4, -0.2) is 42.1 Å². The molecular formula is C24H26N6O4. The monoisotopic (exact) mass is 462 g/mol. The Bertz CT molecular complexity index is 1620. The van der Waals surface area contributed by atoms with Crippen LogP contribution in [0.3, 0.4) is 0 Å². The third-order valence-electron chi connectivity index (χ3n) is 5.56. The second-order valence-corrected chi connectivity index (χ2v) is 7.91. The van der Waals surface area contributed by atoms with Gasteiger partial charge in [0.25, 0.3) is 11.5 Å². The first kappa shape index (κ1) is 23.0. The van der Waals surface area contributed by atoms with Crippen LogP contribution in [0.5, 0.6) is 0 Å². The molecule has 176 valence electrons.